The molecule has 5 heteroatoms. The smallest absolute Gasteiger partial charge is 0.237 e. The number of carbonyl (C=O) groups excluding carboxylic acids is 1. The van der Waals surface area contributed by atoms with Crippen molar-refractivity contribution in [3.05, 3.63) is 34.9 Å². The Labute approximate surface area is 137 Å². The summed E-state index contributed by atoms with van der Waals surface area (Å²) in [5.74, 6) is 0.805. The van der Waals surface area contributed by atoms with Crippen molar-refractivity contribution in [3.8, 4) is 0 Å². The van der Waals surface area contributed by atoms with Gasteiger partial charge < -0.3 is 10.6 Å². The topological polar surface area (TPSA) is 41.1 Å². The normalized spacial score (nSPS) is 27.6. The molecule has 3 rings (SSSR count). The number of hydrogen-bond donors (Lipinski definition) is 2. The minimum atomic E-state index is -0.0226. The monoisotopic (exact) mass is 328 g/mol. The van der Waals surface area contributed by atoms with Crippen molar-refractivity contribution in [3.63, 3.8) is 0 Å². The van der Waals surface area contributed by atoms with Gasteiger partial charge in [0, 0.05) is 17.6 Å². The Bertz CT molecular complexity index is 481. The lowest BCUT2D eigenvalue weighted by Crippen LogP contribution is -2.42. The van der Waals surface area contributed by atoms with Crippen molar-refractivity contribution >= 4 is 29.9 Å². The minimum Gasteiger partial charge on any atom is -0.351 e. The molecule has 3 unspecified atom stereocenters. The highest BCUT2D eigenvalue weighted by Gasteiger charge is 2.37. The lowest BCUT2D eigenvalue weighted by atomic mass is 9.85. The maximum absolute atomic E-state index is 12.3. The van der Waals surface area contributed by atoms with Crippen LogP contribution in [0.2, 0.25) is 5.02 Å². The Morgan fingerprint density at radius 2 is 2.05 bits per heavy atom. The number of nitrogens with one attached hydrogen (secondary N) is 2. The molecule has 2 fully saturated rings. The molecule has 116 valence electrons. The van der Waals surface area contributed by atoms with Crippen LogP contribution in [0.3, 0.4) is 0 Å². The van der Waals surface area contributed by atoms with E-state index in [1.807, 2.05) is 24.3 Å². The standard InChI is InChI=1S/C16H21ClN2O.ClH/c17-13-7-3-1-6-12(13)10-18-16(20)15-9-11-5-2-4-8-14(11)19-15;/h1,3,6-7,11,14-15,19H,2,4-5,8-10H2,(H,18,20);1H. The number of carbonyl (C=O) groups is 1. The fourth-order valence-electron chi connectivity index (χ4n) is 3.47. The molecular weight excluding hydrogens is 307 g/mol. The average Bonchev–Trinajstić information content (AvgIpc) is 2.90. The summed E-state index contributed by atoms with van der Waals surface area (Å²) in [6, 6.07) is 8.17. The summed E-state index contributed by atoms with van der Waals surface area (Å²) >= 11 is 6.10. The molecular formula is C16H22Cl2N2O. The molecule has 0 spiro atoms. The van der Waals surface area contributed by atoms with Crippen LogP contribution in [0.4, 0.5) is 0 Å². The van der Waals surface area contributed by atoms with Gasteiger partial charge in [0.05, 0.1) is 6.04 Å². The Morgan fingerprint density at radius 3 is 2.81 bits per heavy atom. The SMILES string of the molecule is Cl.O=C(NCc1ccccc1Cl)C1CC2CCCCC2N1. The van der Waals surface area contributed by atoms with Gasteiger partial charge in [0.2, 0.25) is 5.91 Å². The maximum Gasteiger partial charge on any atom is 0.237 e. The zero-order valence-corrected chi connectivity index (χ0v) is 13.6. The lowest BCUT2D eigenvalue weighted by Gasteiger charge is -2.24. The summed E-state index contributed by atoms with van der Waals surface area (Å²) in [5, 5.41) is 7.21. The predicted octanol–water partition coefficient (Wildman–Crippen LogP) is 3.30. The number of hydrogen-bond acceptors (Lipinski definition) is 2. The number of rotatable bonds is 3. The summed E-state index contributed by atoms with van der Waals surface area (Å²) in [6.07, 6.45) is 6.09. The second kappa shape index (κ2) is 7.48. The van der Waals surface area contributed by atoms with E-state index in [2.05, 4.69) is 10.6 Å². The van der Waals surface area contributed by atoms with E-state index >= 15 is 0 Å². The predicted molar refractivity (Wildman–Crippen MR) is 87.8 cm³/mol. The van der Waals surface area contributed by atoms with E-state index in [1.54, 1.807) is 0 Å². The molecule has 0 radical (unpaired) electrons. The van der Waals surface area contributed by atoms with Gasteiger partial charge in [0.1, 0.15) is 0 Å². The fraction of sp³-hybridized carbons (Fsp3) is 0.562. The first-order valence-electron chi connectivity index (χ1n) is 7.51. The molecule has 3 atom stereocenters. The lowest BCUT2D eigenvalue weighted by molar-refractivity contribution is -0.123. The van der Waals surface area contributed by atoms with E-state index in [1.165, 1.54) is 25.7 Å². The highest BCUT2D eigenvalue weighted by atomic mass is 35.5. The van der Waals surface area contributed by atoms with E-state index in [9.17, 15) is 4.79 Å². The second-order valence-electron chi connectivity index (χ2n) is 5.92. The average molecular weight is 329 g/mol. The molecule has 0 bridgehead atoms. The highest BCUT2D eigenvalue weighted by Crippen LogP contribution is 2.33. The number of halogens is 2. The summed E-state index contributed by atoms with van der Waals surface area (Å²) in [7, 11) is 0. The van der Waals surface area contributed by atoms with Crippen LogP contribution in [0.25, 0.3) is 0 Å². The summed E-state index contributed by atoms with van der Waals surface area (Å²) in [4.78, 5) is 12.3. The van der Waals surface area contributed by atoms with Crippen molar-refractivity contribution in [2.75, 3.05) is 0 Å². The summed E-state index contributed by atoms with van der Waals surface area (Å²) in [6.45, 7) is 0.506. The fourth-order valence-corrected chi connectivity index (χ4v) is 3.67. The van der Waals surface area contributed by atoms with Gasteiger partial charge in [-0.05, 0) is 36.8 Å². The molecule has 3 nitrogen and oxygen atoms in total. The van der Waals surface area contributed by atoms with Gasteiger partial charge in [-0.15, -0.1) is 12.4 Å². The largest absolute Gasteiger partial charge is 0.351 e. The molecule has 0 aromatic heterocycles. The van der Waals surface area contributed by atoms with Crippen molar-refractivity contribution in [2.24, 2.45) is 5.92 Å². The van der Waals surface area contributed by atoms with Crippen LogP contribution in [0, 0.1) is 5.92 Å². The number of benzene rings is 1. The molecule has 1 aliphatic heterocycles. The Kier molecular flexibility index (Phi) is 5.91. The number of fused-ring (bicyclic) bond motifs is 1. The third kappa shape index (κ3) is 3.91. The first kappa shape index (κ1) is 16.6. The van der Waals surface area contributed by atoms with Crippen molar-refractivity contribution in [2.45, 2.75) is 50.7 Å². The molecule has 1 saturated heterocycles. The van der Waals surface area contributed by atoms with Gasteiger partial charge in [0.15, 0.2) is 0 Å². The maximum atomic E-state index is 12.3. The molecule has 1 heterocycles. The second-order valence-corrected chi connectivity index (χ2v) is 6.32. The molecule has 2 aliphatic rings. The van der Waals surface area contributed by atoms with E-state index in [0.717, 1.165) is 12.0 Å². The molecule has 1 saturated carbocycles. The minimum absolute atomic E-state index is 0. The van der Waals surface area contributed by atoms with E-state index in [-0.39, 0.29) is 24.4 Å². The van der Waals surface area contributed by atoms with Crippen LogP contribution in [0.15, 0.2) is 24.3 Å². The van der Waals surface area contributed by atoms with Gasteiger partial charge in [-0.2, -0.15) is 0 Å². The summed E-state index contributed by atoms with van der Waals surface area (Å²) < 4.78 is 0. The zero-order valence-electron chi connectivity index (χ0n) is 12.0. The zero-order chi connectivity index (χ0) is 13.9. The third-order valence-corrected chi connectivity index (χ3v) is 4.96. The van der Waals surface area contributed by atoms with E-state index in [0.29, 0.717) is 23.5 Å². The first-order chi connectivity index (χ1) is 9.74. The van der Waals surface area contributed by atoms with Crippen LogP contribution < -0.4 is 10.6 Å². The first-order valence-corrected chi connectivity index (χ1v) is 7.89. The van der Waals surface area contributed by atoms with Gasteiger partial charge >= 0.3 is 0 Å². The van der Waals surface area contributed by atoms with Crippen LogP contribution in [-0.2, 0) is 11.3 Å². The van der Waals surface area contributed by atoms with Gasteiger partial charge in [-0.25, -0.2) is 0 Å². The molecule has 2 N–H and O–H groups in total. The summed E-state index contributed by atoms with van der Waals surface area (Å²) in [5.41, 5.74) is 0.970. The molecule has 1 amide bonds. The van der Waals surface area contributed by atoms with Crippen LogP contribution >= 0.6 is 24.0 Å². The Hall–Kier alpha value is -0.770. The van der Waals surface area contributed by atoms with Gasteiger partial charge in [-0.1, -0.05) is 42.6 Å². The van der Waals surface area contributed by atoms with E-state index in [4.69, 9.17) is 11.6 Å². The van der Waals surface area contributed by atoms with Gasteiger partial charge in [-0.3, -0.25) is 4.79 Å². The van der Waals surface area contributed by atoms with E-state index < -0.39 is 0 Å². The van der Waals surface area contributed by atoms with Crippen molar-refractivity contribution in [1.82, 2.24) is 10.6 Å². The van der Waals surface area contributed by atoms with Crippen molar-refractivity contribution in [1.29, 1.82) is 0 Å². The Balaban J connectivity index is 0.00000161. The third-order valence-electron chi connectivity index (χ3n) is 4.59. The van der Waals surface area contributed by atoms with Crippen molar-refractivity contribution < 1.29 is 4.79 Å². The molecule has 21 heavy (non-hydrogen) atoms. The van der Waals surface area contributed by atoms with Crippen LogP contribution in [-0.4, -0.2) is 18.0 Å². The molecule has 1 aliphatic carbocycles. The van der Waals surface area contributed by atoms with Crippen LogP contribution in [0.5, 0.6) is 0 Å². The van der Waals surface area contributed by atoms with Crippen LogP contribution in [0.1, 0.15) is 37.7 Å². The van der Waals surface area contributed by atoms with Gasteiger partial charge in [0.25, 0.3) is 0 Å². The Morgan fingerprint density at radius 1 is 1.29 bits per heavy atom. The number of amides is 1. The quantitative estimate of drug-likeness (QED) is 0.893. The molecule has 1 aromatic rings. The molecule has 1 aromatic carbocycles. The highest BCUT2D eigenvalue weighted by molar-refractivity contribution is 6.31.